The van der Waals surface area contributed by atoms with Crippen LogP contribution in [0, 0.1) is 0 Å². The fourth-order valence-corrected chi connectivity index (χ4v) is 2.79. The molecule has 0 atom stereocenters. The molecule has 2 aliphatic rings. The standard InChI is InChI=1S/C15H16ClN5O3/c16-13-18-14(20-15(19-13)21-4-6-22-7-5-21)17-11-2-1-3-12-10(11)8-23-9-24-12/h1-3H,4-9H2,(H,17,18,19,20). The minimum Gasteiger partial charge on any atom is -0.467 e. The van der Waals surface area contributed by atoms with Crippen molar-refractivity contribution >= 4 is 29.2 Å². The monoisotopic (exact) mass is 349 g/mol. The lowest BCUT2D eigenvalue weighted by molar-refractivity contribution is -0.0159. The summed E-state index contributed by atoms with van der Waals surface area (Å²) in [6.07, 6.45) is 0. The highest BCUT2D eigenvalue weighted by Gasteiger charge is 2.18. The SMILES string of the molecule is Clc1nc(Nc2cccc3c2COCO3)nc(N2CCOCC2)n1. The average molecular weight is 350 g/mol. The third-order valence-corrected chi connectivity index (χ3v) is 3.98. The van der Waals surface area contributed by atoms with Gasteiger partial charge in [-0.05, 0) is 23.7 Å². The quantitative estimate of drug-likeness (QED) is 0.900. The first-order valence-corrected chi connectivity index (χ1v) is 8.01. The van der Waals surface area contributed by atoms with Crippen molar-refractivity contribution in [3.8, 4) is 5.75 Å². The predicted molar refractivity (Wildman–Crippen MR) is 87.9 cm³/mol. The maximum Gasteiger partial charge on any atom is 0.233 e. The van der Waals surface area contributed by atoms with E-state index in [1.54, 1.807) is 0 Å². The summed E-state index contributed by atoms with van der Waals surface area (Å²) in [5.74, 6) is 1.72. The second-order valence-electron chi connectivity index (χ2n) is 5.35. The van der Waals surface area contributed by atoms with Crippen LogP contribution in [0.4, 0.5) is 17.6 Å². The van der Waals surface area contributed by atoms with Crippen molar-refractivity contribution in [3.63, 3.8) is 0 Å². The van der Waals surface area contributed by atoms with Gasteiger partial charge in [-0.25, -0.2) is 0 Å². The molecule has 0 saturated carbocycles. The van der Waals surface area contributed by atoms with Gasteiger partial charge in [0.15, 0.2) is 6.79 Å². The Morgan fingerprint density at radius 3 is 2.83 bits per heavy atom. The Hall–Kier alpha value is -2.16. The van der Waals surface area contributed by atoms with Gasteiger partial charge in [-0.3, -0.25) is 0 Å². The Morgan fingerprint density at radius 1 is 1.08 bits per heavy atom. The van der Waals surface area contributed by atoms with Gasteiger partial charge in [0.25, 0.3) is 0 Å². The van der Waals surface area contributed by atoms with Crippen molar-refractivity contribution in [2.24, 2.45) is 0 Å². The number of halogens is 1. The third-order valence-electron chi connectivity index (χ3n) is 3.81. The number of benzene rings is 1. The highest BCUT2D eigenvalue weighted by molar-refractivity contribution is 6.28. The molecular weight excluding hydrogens is 334 g/mol. The fraction of sp³-hybridized carbons (Fsp3) is 0.400. The van der Waals surface area contributed by atoms with Gasteiger partial charge in [-0.1, -0.05) is 6.07 Å². The first-order chi connectivity index (χ1) is 11.8. The van der Waals surface area contributed by atoms with E-state index in [9.17, 15) is 0 Å². The number of rotatable bonds is 3. The minimum absolute atomic E-state index is 0.145. The number of aromatic nitrogens is 3. The number of ether oxygens (including phenoxy) is 3. The van der Waals surface area contributed by atoms with Crippen molar-refractivity contribution in [2.45, 2.75) is 6.61 Å². The topological polar surface area (TPSA) is 81.6 Å². The molecule has 1 N–H and O–H groups in total. The highest BCUT2D eigenvalue weighted by Crippen LogP contribution is 2.31. The molecule has 24 heavy (non-hydrogen) atoms. The number of nitrogens with one attached hydrogen (secondary N) is 1. The van der Waals surface area contributed by atoms with Crippen molar-refractivity contribution in [1.82, 2.24) is 15.0 Å². The molecule has 126 valence electrons. The molecule has 1 aromatic heterocycles. The van der Waals surface area contributed by atoms with E-state index in [1.165, 1.54) is 0 Å². The fourth-order valence-electron chi connectivity index (χ4n) is 2.64. The molecule has 3 heterocycles. The minimum atomic E-state index is 0.145. The molecule has 1 aromatic carbocycles. The molecule has 0 aliphatic carbocycles. The van der Waals surface area contributed by atoms with Crippen LogP contribution >= 0.6 is 11.6 Å². The second-order valence-corrected chi connectivity index (χ2v) is 5.68. The van der Waals surface area contributed by atoms with Crippen LogP contribution in [0.5, 0.6) is 5.75 Å². The summed E-state index contributed by atoms with van der Waals surface area (Å²) >= 11 is 6.07. The zero-order valence-electron chi connectivity index (χ0n) is 12.9. The maximum atomic E-state index is 6.07. The Kier molecular flexibility index (Phi) is 4.33. The number of anilines is 3. The molecule has 0 bridgehead atoms. The molecule has 1 fully saturated rings. The summed E-state index contributed by atoms with van der Waals surface area (Å²) < 4.78 is 16.2. The first kappa shape index (κ1) is 15.4. The van der Waals surface area contributed by atoms with Gasteiger partial charge in [-0.2, -0.15) is 15.0 Å². The van der Waals surface area contributed by atoms with Crippen molar-refractivity contribution < 1.29 is 14.2 Å². The summed E-state index contributed by atoms with van der Waals surface area (Å²) in [6.45, 7) is 3.47. The first-order valence-electron chi connectivity index (χ1n) is 7.63. The smallest absolute Gasteiger partial charge is 0.233 e. The van der Waals surface area contributed by atoms with Crippen LogP contribution in [-0.4, -0.2) is 48.0 Å². The molecular formula is C15H16ClN5O3. The third kappa shape index (κ3) is 3.21. The van der Waals surface area contributed by atoms with E-state index in [-0.39, 0.29) is 12.1 Å². The molecule has 9 heteroatoms. The number of fused-ring (bicyclic) bond motifs is 1. The van der Waals surface area contributed by atoms with Gasteiger partial charge in [0, 0.05) is 18.7 Å². The van der Waals surface area contributed by atoms with Crippen LogP contribution in [-0.2, 0) is 16.1 Å². The Morgan fingerprint density at radius 2 is 1.96 bits per heavy atom. The van der Waals surface area contributed by atoms with Crippen LogP contribution in [0.2, 0.25) is 5.28 Å². The maximum absolute atomic E-state index is 6.07. The lowest BCUT2D eigenvalue weighted by atomic mass is 10.1. The van der Waals surface area contributed by atoms with E-state index < -0.39 is 0 Å². The van der Waals surface area contributed by atoms with Crippen molar-refractivity contribution in [3.05, 3.63) is 29.0 Å². The molecule has 4 rings (SSSR count). The lowest BCUT2D eigenvalue weighted by Gasteiger charge is -2.27. The summed E-state index contributed by atoms with van der Waals surface area (Å²) in [5, 5.41) is 3.33. The summed E-state index contributed by atoms with van der Waals surface area (Å²) in [6, 6.07) is 5.73. The summed E-state index contributed by atoms with van der Waals surface area (Å²) in [7, 11) is 0. The molecule has 0 unspecified atom stereocenters. The van der Waals surface area contributed by atoms with E-state index in [2.05, 4.69) is 20.3 Å². The van der Waals surface area contributed by atoms with Crippen LogP contribution in [0.1, 0.15) is 5.56 Å². The van der Waals surface area contributed by atoms with E-state index in [1.807, 2.05) is 23.1 Å². The number of hydrogen-bond acceptors (Lipinski definition) is 8. The lowest BCUT2D eigenvalue weighted by Crippen LogP contribution is -2.37. The number of hydrogen-bond donors (Lipinski definition) is 1. The molecule has 2 aromatic rings. The second kappa shape index (κ2) is 6.76. The van der Waals surface area contributed by atoms with E-state index in [4.69, 9.17) is 25.8 Å². The molecule has 8 nitrogen and oxygen atoms in total. The van der Waals surface area contributed by atoms with E-state index >= 15 is 0 Å². The van der Waals surface area contributed by atoms with Gasteiger partial charge in [0.1, 0.15) is 5.75 Å². The molecule has 0 spiro atoms. The van der Waals surface area contributed by atoms with Gasteiger partial charge in [-0.15, -0.1) is 0 Å². The average Bonchev–Trinajstić information content (AvgIpc) is 2.62. The van der Waals surface area contributed by atoms with Crippen LogP contribution in [0.3, 0.4) is 0 Å². The van der Waals surface area contributed by atoms with Crippen LogP contribution < -0.4 is 15.0 Å². The van der Waals surface area contributed by atoms with E-state index in [0.29, 0.717) is 31.7 Å². The summed E-state index contributed by atoms with van der Waals surface area (Å²) in [4.78, 5) is 14.9. The zero-order chi connectivity index (χ0) is 16.4. The molecule has 0 amide bonds. The highest BCUT2D eigenvalue weighted by atomic mass is 35.5. The van der Waals surface area contributed by atoms with Gasteiger partial charge >= 0.3 is 0 Å². The van der Waals surface area contributed by atoms with E-state index in [0.717, 1.165) is 30.1 Å². The van der Waals surface area contributed by atoms with Crippen molar-refractivity contribution in [2.75, 3.05) is 43.3 Å². The van der Waals surface area contributed by atoms with Crippen molar-refractivity contribution in [1.29, 1.82) is 0 Å². The molecule has 0 radical (unpaired) electrons. The molecule has 1 saturated heterocycles. The van der Waals surface area contributed by atoms with Crippen LogP contribution in [0.25, 0.3) is 0 Å². The zero-order valence-corrected chi connectivity index (χ0v) is 13.6. The normalized spacial score (nSPS) is 17.1. The van der Waals surface area contributed by atoms with Gasteiger partial charge in [0.05, 0.1) is 25.5 Å². The van der Waals surface area contributed by atoms with Gasteiger partial charge < -0.3 is 24.4 Å². The Bertz CT molecular complexity index is 739. The van der Waals surface area contributed by atoms with Crippen LogP contribution in [0.15, 0.2) is 18.2 Å². The summed E-state index contributed by atoms with van der Waals surface area (Å²) in [5.41, 5.74) is 1.75. The number of morpholine rings is 1. The van der Waals surface area contributed by atoms with Gasteiger partial charge in [0.2, 0.25) is 17.2 Å². The Labute approximate surface area is 143 Å². The largest absolute Gasteiger partial charge is 0.467 e. The number of nitrogens with zero attached hydrogens (tertiary/aromatic N) is 4. The molecule has 2 aliphatic heterocycles. The Balaban J connectivity index is 1.62. The predicted octanol–water partition coefficient (Wildman–Crippen LogP) is 1.97.